The van der Waals surface area contributed by atoms with E-state index in [1.165, 1.54) is 0 Å². The van der Waals surface area contributed by atoms with Crippen LogP contribution in [0.2, 0.25) is 0 Å². The van der Waals surface area contributed by atoms with Crippen LogP contribution >= 0.6 is 0 Å². The lowest BCUT2D eigenvalue weighted by molar-refractivity contribution is 0.203. The monoisotopic (exact) mass is 378 g/mol. The molecule has 146 valence electrons. The van der Waals surface area contributed by atoms with Crippen molar-refractivity contribution >= 4 is 16.8 Å². The van der Waals surface area contributed by atoms with Crippen LogP contribution < -0.4 is 14.8 Å². The standard InChI is InChI=1S/C23H26N2O3/c1-17-5-4-6-22(13-17)28-12-11-24-23(26)25(2)16-18-7-8-20-15-21(27-3)10-9-19(20)14-18/h4-10,13-15H,11-12,16H2,1-3H3,(H,24,26). The van der Waals surface area contributed by atoms with E-state index >= 15 is 0 Å². The summed E-state index contributed by atoms with van der Waals surface area (Å²) >= 11 is 0. The third-order valence-corrected chi connectivity index (χ3v) is 4.51. The number of ether oxygens (including phenoxy) is 2. The van der Waals surface area contributed by atoms with Gasteiger partial charge in [-0.25, -0.2) is 4.79 Å². The number of carbonyl (C=O) groups excluding carboxylic acids is 1. The van der Waals surface area contributed by atoms with Crippen LogP contribution in [0.3, 0.4) is 0 Å². The summed E-state index contributed by atoms with van der Waals surface area (Å²) in [5, 5.41) is 5.12. The molecule has 28 heavy (non-hydrogen) atoms. The second-order valence-corrected chi connectivity index (χ2v) is 6.80. The van der Waals surface area contributed by atoms with Gasteiger partial charge in [-0.1, -0.05) is 30.3 Å². The van der Waals surface area contributed by atoms with E-state index < -0.39 is 0 Å². The van der Waals surface area contributed by atoms with Gasteiger partial charge in [0, 0.05) is 13.6 Å². The van der Waals surface area contributed by atoms with Crippen LogP contribution in [-0.4, -0.2) is 38.2 Å². The minimum absolute atomic E-state index is 0.123. The van der Waals surface area contributed by atoms with E-state index in [1.54, 1.807) is 19.1 Å². The van der Waals surface area contributed by atoms with Gasteiger partial charge in [-0.05, 0) is 59.2 Å². The maximum atomic E-state index is 12.3. The van der Waals surface area contributed by atoms with Crippen molar-refractivity contribution < 1.29 is 14.3 Å². The molecule has 0 aliphatic rings. The van der Waals surface area contributed by atoms with Crippen molar-refractivity contribution in [3.63, 3.8) is 0 Å². The molecule has 0 unspecified atom stereocenters. The topological polar surface area (TPSA) is 50.8 Å². The molecule has 1 N–H and O–H groups in total. The number of hydrogen-bond acceptors (Lipinski definition) is 3. The molecule has 0 saturated heterocycles. The van der Waals surface area contributed by atoms with Gasteiger partial charge in [-0.2, -0.15) is 0 Å². The highest BCUT2D eigenvalue weighted by atomic mass is 16.5. The summed E-state index contributed by atoms with van der Waals surface area (Å²) in [4.78, 5) is 14.0. The van der Waals surface area contributed by atoms with Gasteiger partial charge >= 0.3 is 6.03 Å². The molecule has 3 rings (SSSR count). The Kier molecular flexibility index (Phi) is 6.37. The van der Waals surface area contributed by atoms with Gasteiger partial charge in [0.05, 0.1) is 13.7 Å². The Balaban J connectivity index is 1.49. The Labute approximate surface area is 165 Å². The molecule has 0 radical (unpaired) electrons. The van der Waals surface area contributed by atoms with Crippen molar-refractivity contribution in [1.29, 1.82) is 0 Å². The molecular weight excluding hydrogens is 352 g/mol. The van der Waals surface area contributed by atoms with E-state index in [1.807, 2.05) is 55.5 Å². The van der Waals surface area contributed by atoms with Gasteiger partial charge < -0.3 is 19.7 Å². The highest BCUT2D eigenvalue weighted by Crippen LogP contribution is 2.22. The summed E-state index contributed by atoms with van der Waals surface area (Å²) in [6, 6.07) is 19.9. The van der Waals surface area contributed by atoms with Crippen molar-refractivity contribution in [2.45, 2.75) is 13.5 Å². The summed E-state index contributed by atoms with van der Waals surface area (Å²) in [5.74, 6) is 1.65. The van der Waals surface area contributed by atoms with Crippen LogP contribution in [0.25, 0.3) is 10.8 Å². The third-order valence-electron chi connectivity index (χ3n) is 4.51. The first kappa shape index (κ1) is 19.5. The lowest BCUT2D eigenvalue weighted by atomic mass is 10.1. The number of rotatable bonds is 7. The van der Waals surface area contributed by atoms with Gasteiger partial charge in [0.25, 0.3) is 0 Å². The van der Waals surface area contributed by atoms with E-state index in [9.17, 15) is 4.79 Å². The maximum absolute atomic E-state index is 12.3. The maximum Gasteiger partial charge on any atom is 0.317 e. The number of methoxy groups -OCH3 is 1. The van der Waals surface area contributed by atoms with Gasteiger partial charge in [0.15, 0.2) is 0 Å². The summed E-state index contributed by atoms with van der Waals surface area (Å²) in [6.45, 7) is 3.44. The molecule has 0 atom stereocenters. The average molecular weight is 378 g/mol. The lowest BCUT2D eigenvalue weighted by Gasteiger charge is -2.18. The van der Waals surface area contributed by atoms with Crippen molar-refractivity contribution in [2.75, 3.05) is 27.3 Å². The van der Waals surface area contributed by atoms with Crippen molar-refractivity contribution in [1.82, 2.24) is 10.2 Å². The van der Waals surface area contributed by atoms with Crippen LogP contribution in [0.1, 0.15) is 11.1 Å². The SMILES string of the molecule is COc1ccc2cc(CN(C)C(=O)NCCOc3cccc(C)c3)ccc2c1. The van der Waals surface area contributed by atoms with E-state index in [2.05, 4.69) is 17.4 Å². The van der Waals surface area contributed by atoms with Gasteiger partial charge in [0.2, 0.25) is 0 Å². The van der Waals surface area contributed by atoms with Gasteiger partial charge in [0.1, 0.15) is 18.1 Å². The molecular formula is C23H26N2O3. The second-order valence-electron chi connectivity index (χ2n) is 6.80. The molecule has 0 aliphatic carbocycles. The average Bonchev–Trinajstić information content (AvgIpc) is 2.70. The third kappa shape index (κ3) is 5.16. The zero-order valence-corrected chi connectivity index (χ0v) is 16.6. The molecule has 0 aliphatic heterocycles. The van der Waals surface area contributed by atoms with Gasteiger partial charge in [-0.15, -0.1) is 0 Å². The van der Waals surface area contributed by atoms with E-state index in [4.69, 9.17) is 9.47 Å². The number of nitrogens with zero attached hydrogens (tertiary/aromatic N) is 1. The smallest absolute Gasteiger partial charge is 0.317 e. The minimum atomic E-state index is -0.123. The normalized spacial score (nSPS) is 10.5. The Morgan fingerprint density at radius 2 is 1.79 bits per heavy atom. The first-order valence-corrected chi connectivity index (χ1v) is 9.30. The molecule has 0 spiro atoms. The number of nitrogens with one attached hydrogen (secondary N) is 1. The number of carbonyl (C=O) groups is 1. The number of amides is 2. The lowest BCUT2D eigenvalue weighted by Crippen LogP contribution is -2.38. The fourth-order valence-electron chi connectivity index (χ4n) is 3.01. The zero-order chi connectivity index (χ0) is 19.9. The van der Waals surface area contributed by atoms with E-state index in [-0.39, 0.29) is 6.03 Å². The fourth-order valence-corrected chi connectivity index (χ4v) is 3.01. The molecule has 3 aromatic carbocycles. The number of urea groups is 1. The predicted octanol–water partition coefficient (Wildman–Crippen LogP) is 4.38. The first-order chi connectivity index (χ1) is 13.5. The minimum Gasteiger partial charge on any atom is -0.497 e. The molecule has 3 aromatic rings. The highest BCUT2D eigenvalue weighted by Gasteiger charge is 2.09. The molecule has 5 nitrogen and oxygen atoms in total. The zero-order valence-electron chi connectivity index (χ0n) is 16.6. The number of fused-ring (bicyclic) bond motifs is 1. The number of benzene rings is 3. The molecule has 5 heteroatoms. The Morgan fingerprint density at radius 1 is 1.00 bits per heavy atom. The van der Waals surface area contributed by atoms with Crippen LogP contribution in [0.4, 0.5) is 4.79 Å². The molecule has 2 amide bonds. The van der Waals surface area contributed by atoms with Crippen LogP contribution in [0.5, 0.6) is 11.5 Å². The summed E-state index contributed by atoms with van der Waals surface area (Å²) in [7, 11) is 3.45. The second kappa shape index (κ2) is 9.13. The summed E-state index contributed by atoms with van der Waals surface area (Å²) in [5.41, 5.74) is 2.22. The van der Waals surface area contributed by atoms with Crippen LogP contribution in [0, 0.1) is 6.92 Å². The molecule has 0 aromatic heterocycles. The van der Waals surface area contributed by atoms with E-state index in [0.29, 0.717) is 19.7 Å². The van der Waals surface area contributed by atoms with Gasteiger partial charge in [-0.3, -0.25) is 0 Å². The van der Waals surface area contributed by atoms with Crippen LogP contribution in [-0.2, 0) is 6.54 Å². The van der Waals surface area contributed by atoms with Crippen molar-refractivity contribution in [3.05, 3.63) is 71.8 Å². The molecule has 0 bridgehead atoms. The molecule has 0 heterocycles. The fraction of sp³-hybridized carbons (Fsp3) is 0.261. The van der Waals surface area contributed by atoms with E-state index in [0.717, 1.165) is 33.4 Å². The summed E-state index contributed by atoms with van der Waals surface area (Å²) in [6.07, 6.45) is 0. The summed E-state index contributed by atoms with van der Waals surface area (Å²) < 4.78 is 10.9. The Morgan fingerprint density at radius 3 is 2.57 bits per heavy atom. The first-order valence-electron chi connectivity index (χ1n) is 9.30. The number of hydrogen-bond donors (Lipinski definition) is 1. The Hall–Kier alpha value is -3.21. The largest absolute Gasteiger partial charge is 0.497 e. The highest BCUT2D eigenvalue weighted by molar-refractivity contribution is 5.84. The number of aryl methyl sites for hydroxylation is 1. The molecule has 0 saturated carbocycles. The van der Waals surface area contributed by atoms with Crippen LogP contribution in [0.15, 0.2) is 60.7 Å². The quantitative estimate of drug-likeness (QED) is 0.621. The molecule has 0 fully saturated rings. The Bertz CT molecular complexity index is 955. The van der Waals surface area contributed by atoms with Crippen molar-refractivity contribution in [2.24, 2.45) is 0 Å². The van der Waals surface area contributed by atoms with Crippen molar-refractivity contribution in [3.8, 4) is 11.5 Å². The predicted molar refractivity (Wildman–Crippen MR) is 112 cm³/mol.